The lowest BCUT2D eigenvalue weighted by Gasteiger charge is -2.09. The minimum atomic E-state index is -0.533. The number of carbonyl (C=O) groups is 1. The Balaban J connectivity index is 2.71. The van der Waals surface area contributed by atoms with Gasteiger partial charge in [0.2, 0.25) is 0 Å². The van der Waals surface area contributed by atoms with Gasteiger partial charge in [-0.3, -0.25) is 4.79 Å². The molecule has 1 aliphatic rings. The average Bonchev–Trinajstić information content (AvgIpc) is 2.34. The number of amides is 1. The number of fused-ring (bicyclic) bond motifs is 1. The fourth-order valence-corrected chi connectivity index (χ4v) is 1.64. The Bertz CT molecular complexity index is 456. The van der Waals surface area contributed by atoms with Crippen LogP contribution in [0.5, 0.6) is 0 Å². The monoisotopic (exact) mass is 211 g/mol. The van der Waals surface area contributed by atoms with Crippen LogP contribution in [0.1, 0.15) is 5.56 Å². The molecule has 0 fully saturated rings. The number of hydrogen-bond donors (Lipinski definition) is 0. The van der Waals surface area contributed by atoms with E-state index in [4.69, 9.17) is 11.6 Å². The normalized spacial score (nSPS) is 14.9. The molecule has 1 aromatic rings. The number of anilines is 1. The second-order valence-corrected chi connectivity index (χ2v) is 3.53. The molecule has 4 heteroatoms. The van der Waals surface area contributed by atoms with E-state index in [-0.39, 0.29) is 10.9 Å². The zero-order valence-electron chi connectivity index (χ0n) is 7.47. The van der Waals surface area contributed by atoms with E-state index < -0.39 is 5.82 Å². The van der Waals surface area contributed by atoms with Gasteiger partial charge in [-0.1, -0.05) is 18.2 Å². The molecule has 0 spiro atoms. The molecule has 0 unspecified atom stereocenters. The van der Waals surface area contributed by atoms with Gasteiger partial charge in [0, 0.05) is 18.2 Å². The standard InChI is InChI=1S/C10H7ClFNO/c1-5-6-3-8(12)7(11)4-9(6)13(2)10(5)14/h3-4H,1H2,2H3. The fourth-order valence-electron chi connectivity index (χ4n) is 1.48. The molecule has 0 saturated carbocycles. The molecule has 0 N–H and O–H groups in total. The van der Waals surface area contributed by atoms with Gasteiger partial charge >= 0.3 is 0 Å². The zero-order chi connectivity index (χ0) is 10.5. The van der Waals surface area contributed by atoms with E-state index in [1.807, 2.05) is 0 Å². The number of halogens is 2. The number of likely N-dealkylation sites (N-methyl/N-ethyl adjacent to an activating group) is 1. The molecule has 0 atom stereocenters. The van der Waals surface area contributed by atoms with E-state index in [9.17, 15) is 9.18 Å². The summed E-state index contributed by atoms with van der Waals surface area (Å²) in [5.41, 5.74) is 1.42. The van der Waals surface area contributed by atoms with Crippen LogP contribution in [0.4, 0.5) is 10.1 Å². The molecule has 2 nitrogen and oxygen atoms in total. The van der Waals surface area contributed by atoms with Crippen molar-refractivity contribution in [2.75, 3.05) is 11.9 Å². The molecule has 0 aromatic heterocycles. The molecule has 1 heterocycles. The van der Waals surface area contributed by atoms with Gasteiger partial charge in [-0.15, -0.1) is 0 Å². The van der Waals surface area contributed by atoms with Gasteiger partial charge < -0.3 is 4.90 Å². The fraction of sp³-hybridized carbons (Fsp3) is 0.100. The molecule has 1 amide bonds. The van der Waals surface area contributed by atoms with Crippen LogP contribution in [-0.2, 0) is 4.79 Å². The Kier molecular flexibility index (Phi) is 1.86. The van der Waals surface area contributed by atoms with Crippen molar-refractivity contribution in [3.05, 3.63) is 35.1 Å². The summed E-state index contributed by atoms with van der Waals surface area (Å²) in [6.07, 6.45) is 0. The first-order valence-electron chi connectivity index (χ1n) is 3.98. The van der Waals surface area contributed by atoms with Crippen molar-refractivity contribution in [2.24, 2.45) is 0 Å². The smallest absolute Gasteiger partial charge is 0.258 e. The van der Waals surface area contributed by atoms with Crippen molar-refractivity contribution in [1.82, 2.24) is 0 Å². The van der Waals surface area contributed by atoms with Crippen molar-refractivity contribution >= 4 is 28.8 Å². The van der Waals surface area contributed by atoms with Crippen molar-refractivity contribution in [1.29, 1.82) is 0 Å². The predicted molar refractivity (Wildman–Crippen MR) is 53.9 cm³/mol. The van der Waals surface area contributed by atoms with Crippen LogP contribution in [0.15, 0.2) is 18.7 Å². The van der Waals surface area contributed by atoms with Crippen LogP contribution in [-0.4, -0.2) is 13.0 Å². The zero-order valence-corrected chi connectivity index (χ0v) is 8.23. The van der Waals surface area contributed by atoms with Crippen LogP contribution < -0.4 is 4.90 Å². The van der Waals surface area contributed by atoms with Gasteiger partial charge in [-0.05, 0) is 12.1 Å². The van der Waals surface area contributed by atoms with Gasteiger partial charge in [0.1, 0.15) is 5.82 Å². The first-order chi connectivity index (χ1) is 6.52. The Labute approximate surface area is 85.6 Å². The number of nitrogens with zero attached hydrogens (tertiary/aromatic N) is 1. The summed E-state index contributed by atoms with van der Waals surface area (Å²) in [6, 6.07) is 2.67. The SMILES string of the molecule is C=C1C(=O)N(C)c2cc(Cl)c(F)cc21. The summed E-state index contributed by atoms with van der Waals surface area (Å²) in [4.78, 5) is 12.9. The van der Waals surface area contributed by atoms with E-state index in [0.717, 1.165) is 0 Å². The topological polar surface area (TPSA) is 20.3 Å². The lowest BCUT2D eigenvalue weighted by molar-refractivity contribution is -0.112. The lowest BCUT2D eigenvalue weighted by Crippen LogP contribution is -2.19. The first kappa shape index (κ1) is 9.21. The molecule has 0 radical (unpaired) electrons. The van der Waals surface area contributed by atoms with E-state index in [1.165, 1.54) is 17.0 Å². The average molecular weight is 212 g/mol. The second-order valence-electron chi connectivity index (χ2n) is 3.13. The number of hydrogen-bond acceptors (Lipinski definition) is 1. The highest BCUT2D eigenvalue weighted by Crippen LogP contribution is 2.37. The molecule has 1 aliphatic heterocycles. The largest absolute Gasteiger partial charge is 0.311 e. The van der Waals surface area contributed by atoms with Crippen molar-refractivity contribution in [3.63, 3.8) is 0 Å². The quantitative estimate of drug-likeness (QED) is 0.604. The Hall–Kier alpha value is -1.35. The number of carbonyl (C=O) groups excluding carboxylic acids is 1. The summed E-state index contributed by atoms with van der Waals surface area (Å²) in [5, 5.41) is 0.0121. The maximum absolute atomic E-state index is 13.1. The maximum Gasteiger partial charge on any atom is 0.258 e. The minimum absolute atomic E-state index is 0.0121. The van der Waals surface area contributed by atoms with Crippen molar-refractivity contribution < 1.29 is 9.18 Å². The number of benzene rings is 1. The van der Waals surface area contributed by atoms with E-state index >= 15 is 0 Å². The third-order valence-electron chi connectivity index (χ3n) is 2.29. The molecular weight excluding hydrogens is 205 g/mol. The molecule has 14 heavy (non-hydrogen) atoms. The van der Waals surface area contributed by atoms with E-state index in [2.05, 4.69) is 6.58 Å². The highest BCUT2D eigenvalue weighted by Gasteiger charge is 2.29. The Morgan fingerprint density at radius 3 is 2.79 bits per heavy atom. The van der Waals surface area contributed by atoms with Gasteiger partial charge in [0.15, 0.2) is 0 Å². The Morgan fingerprint density at radius 2 is 2.14 bits per heavy atom. The Morgan fingerprint density at radius 1 is 1.50 bits per heavy atom. The predicted octanol–water partition coefficient (Wildman–Crippen LogP) is 2.47. The van der Waals surface area contributed by atoms with Crippen LogP contribution in [0.2, 0.25) is 5.02 Å². The van der Waals surface area contributed by atoms with Crippen LogP contribution in [0, 0.1) is 5.82 Å². The van der Waals surface area contributed by atoms with Crippen molar-refractivity contribution in [2.45, 2.75) is 0 Å². The highest BCUT2D eigenvalue weighted by atomic mass is 35.5. The van der Waals surface area contributed by atoms with E-state index in [1.54, 1.807) is 7.05 Å². The number of rotatable bonds is 0. The minimum Gasteiger partial charge on any atom is -0.311 e. The van der Waals surface area contributed by atoms with Crippen molar-refractivity contribution in [3.8, 4) is 0 Å². The van der Waals surface area contributed by atoms with Crippen LogP contribution in [0.3, 0.4) is 0 Å². The summed E-state index contributed by atoms with van der Waals surface area (Å²) in [6.45, 7) is 3.60. The lowest BCUT2D eigenvalue weighted by atomic mass is 10.1. The summed E-state index contributed by atoms with van der Waals surface area (Å²) < 4.78 is 13.1. The third kappa shape index (κ3) is 1.06. The van der Waals surface area contributed by atoms with Crippen LogP contribution >= 0.6 is 11.6 Å². The summed E-state index contributed by atoms with van der Waals surface area (Å²) in [7, 11) is 1.60. The van der Waals surface area contributed by atoms with Gasteiger partial charge in [0.05, 0.1) is 10.7 Å². The third-order valence-corrected chi connectivity index (χ3v) is 2.58. The molecule has 2 rings (SSSR count). The van der Waals surface area contributed by atoms with Gasteiger partial charge in [0.25, 0.3) is 5.91 Å². The molecule has 0 bridgehead atoms. The van der Waals surface area contributed by atoms with Crippen LogP contribution in [0.25, 0.3) is 5.57 Å². The molecule has 0 aliphatic carbocycles. The summed E-state index contributed by atoms with van der Waals surface area (Å²) >= 11 is 5.61. The van der Waals surface area contributed by atoms with Gasteiger partial charge in [-0.2, -0.15) is 0 Å². The molecular formula is C10H7ClFNO. The van der Waals surface area contributed by atoms with Gasteiger partial charge in [-0.25, -0.2) is 4.39 Å². The molecule has 1 aromatic carbocycles. The maximum atomic E-state index is 13.1. The molecule has 0 saturated heterocycles. The van der Waals surface area contributed by atoms with E-state index in [0.29, 0.717) is 16.8 Å². The second kappa shape index (κ2) is 2.82. The highest BCUT2D eigenvalue weighted by molar-refractivity contribution is 6.34. The molecule has 72 valence electrons. The summed E-state index contributed by atoms with van der Waals surface area (Å²) in [5.74, 6) is -0.753. The first-order valence-corrected chi connectivity index (χ1v) is 4.36.